The zero-order valence-electron chi connectivity index (χ0n) is 20.7. The van der Waals surface area contributed by atoms with Gasteiger partial charge >= 0.3 is 6.03 Å². The van der Waals surface area contributed by atoms with Crippen LogP contribution in [-0.4, -0.2) is 93.1 Å². The fourth-order valence-corrected chi connectivity index (χ4v) is 4.88. The van der Waals surface area contributed by atoms with Crippen molar-refractivity contribution in [1.82, 2.24) is 34.1 Å². The number of pyridine rings is 1. The Bertz CT molecular complexity index is 1400. The predicted octanol–water partition coefficient (Wildman–Crippen LogP) is 2.80. The first-order chi connectivity index (χ1) is 17.6. The van der Waals surface area contributed by atoms with Crippen LogP contribution in [0.1, 0.15) is 5.56 Å². The van der Waals surface area contributed by atoms with E-state index in [9.17, 15) is 4.79 Å². The van der Waals surface area contributed by atoms with Gasteiger partial charge in [0, 0.05) is 64.1 Å². The normalized spacial score (nSPS) is 16.5. The van der Waals surface area contributed by atoms with Gasteiger partial charge in [-0.1, -0.05) is 23.8 Å². The summed E-state index contributed by atoms with van der Waals surface area (Å²) in [6.45, 7) is 7.80. The fraction of sp³-hybridized carbons (Fsp3) is 0.385. The van der Waals surface area contributed by atoms with Crippen LogP contribution >= 0.6 is 0 Å². The topological polar surface area (TPSA) is 84.5 Å². The van der Waals surface area contributed by atoms with Gasteiger partial charge in [0.2, 0.25) is 0 Å². The number of urea groups is 1. The summed E-state index contributed by atoms with van der Waals surface area (Å²) in [7, 11) is 1.84. The number of benzene rings is 1. The van der Waals surface area contributed by atoms with Crippen molar-refractivity contribution in [3.8, 4) is 17.1 Å². The van der Waals surface area contributed by atoms with E-state index in [1.165, 1.54) is 5.56 Å². The van der Waals surface area contributed by atoms with Gasteiger partial charge in [0.25, 0.3) is 0 Å². The Hall–Kier alpha value is -3.92. The molecule has 0 atom stereocenters. The Morgan fingerprint density at radius 3 is 2.67 bits per heavy atom. The van der Waals surface area contributed by atoms with Crippen molar-refractivity contribution in [3.05, 3.63) is 54.5 Å². The average molecular weight is 487 g/mol. The van der Waals surface area contributed by atoms with E-state index in [4.69, 9.17) is 19.8 Å². The second kappa shape index (κ2) is 9.27. The standard InChI is InChI=1S/C26H30N8O2/c1-19-4-3-5-20(16-19)21-6-7-34(29-21)23-17-22(31-12-14-36-15-13-31)24-25(28-23)33(18-27-24)11-10-32-9-8-30(2)26(32)35/h3-7,16-18H,8-15H2,1-2H3. The van der Waals surface area contributed by atoms with Gasteiger partial charge in [0.15, 0.2) is 11.5 Å². The molecule has 10 nitrogen and oxygen atoms in total. The van der Waals surface area contributed by atoms with Gasteiger partial charge in [-0.15, -0.1) is 0 Å². The van der Waals surface area contributed by atoms with Gasteiger partial charge in [-0.2, -0.15) is 5.10 Å². The molecule has 36 heavy (non-hydrogen) atoms. The van der Waals surface area contributed by atoms with Crippen LogP contribution < -0.4 is 4.90 Å². The minimum atomic E-state index is 0.0716. The monoisotopic (exact) mass is 486 g/mol. The van der Waals surface area contributed by atoms with E-state index in [1.807, 2.05) is 45.9 Å². The maximum atomic E-state index is 12.3. The maximum absolute atomic E-state index is 12.3. The van der Waals surface area contributed by atoms with Crippen molar-refractivity contribution in [2.24, 2.45) is 0 Å². The minimum Gasteiger partial charge on any atom is -0.378 e. The molecule has 6 rings (SSSR count). The van der Waals surface area contributed by atoms with Crippen LogP contribution in [-0.2, 0) is 11.3 Å². The minimum absolute atomic E-state index is 0.0716. The molecule has 2 aliphatic heterocycles. The second-order valence-electron chi connectivity index (χ2n) is 9.42. The molecule has 2 amide bonds. The highest BCUT2D eigenvalue weighted by molar-refractivity contribution is 5.87. The van der Waals surface area contributed by atoms with Crippen molar-refractivity contribution in [2.45, 2.75) is 13.5 Å². The van der Waals surface area contributed by atoms with Crippen LogP contribution in [0.2, 0.25) is 0 Å². The van der Waals surface area contributed by atoms with Crippen molar-refractivity contribution >= 4 is 22.9 Å². The Morgan fingerprint density at radius 1 is 1.03 bits per heavy atom. The number of aromatic nitrogens is 5. The number of ether oxygens (including phenoxy) is 1. The molecule has 5 heterocycles. The Kier molecular flexibility index (Phi) is 5.80. The van der Waals surface area contributed by atoms with Crippen LogP contribution in [0.25, 0.3) is 28.2 Å². The third-order valence-corrected chi connectivity index (χ3v) is 6.94. The fourth-order valence-electron chi connectivity index (χ4n) is 4.88. The summed E-state index contributed by atoms with van der Waals surface area (Å²) in [5, 5.41) is 4.85. The molecule has 2 fully saturated rings. The van der Waals surface area contributed by atoms with E-state index >= 15 is 0 Å². The number of hydrogen-bond donors (Lipinski definition) is 0. The summed E-state index contributed by atoms with van der Waals surface area (Å²) in [6.07, 6.45) is 3.78. The van der Waals surface area contributed by atoms with E-state index in [0.29, 0.717) is 26.3 Å². The van der Waals surface area contributed by atoms with E-state index in [0.717, 1.165) is 60.1 Å². The number of anilines is 1. The highest BCUT2D eigenvalue weighted by Crippen LogP contribution is 2.29. The molecule has 2 saturated heterocycles. The van der Waals surface area contributed by atoms with Gasteiger partial charge in [0.05, 0.1) is 30.9 Å². The van der Waals surface area contributed by atoms with Crippen LogP contribution in [0, 0.1) is 6.92 Å². The summed E-state index contributed by atoms with van der Waals surface area (Å²) in [4.78, 5) is 28.0. The quantitative estimate of drug-likeness (QED) is 0.417. The number of likely N-dealkylation sites (N-methyl/N-ethyl adjacent to an activating group) is 1. The van der Waals surface area contributed by atoms with Crippen LogP contribution in [0.15, 0.2) is 48.9 Å². The van der Waals surface area contributed by atoms with Crippen LogP contribution in [0.3, 0.4) is 0 Å². The molecule has 3 aromatic heterocycles. The van der Waals surface area contributed by atoms with Crippen molar-refractivity contribution in [2.75, 3.05) is 57.9 Å². The molecule has 4 aromatic rings. The lowest BCUT2D eigenvalue weighted by Crippen LogP contribution is -2.36. The number of hydrogen-bond acceptors (Lipinski definition) is 6. The summed E-state index contributed by atoms with van der Waals surface area (Å²) in [6, 6.07) is 12.5. The number of carbonyl (C=O) groups is 1. The molecule has 0 saturated carbocycles. The first-order valence-electron chi connectivity index (χ1n) is 12.4. The van der Waals surface area contributed by atoms with Crippen molar-refractivity contribution in [1.29, 1.82) is 0 Å². The molecule has 0 bridgehead atoms. The van der Waals surface area contributed by atoms with Gasteiger partial charge in [0.1, 0.15) is 5.52 Å². The zero-order valence-corrected chi connectivity index (χ0v) is 20.7. The largest absolute Gasteiger partial charge is 0.378 e. The van der Waals surface area contributed by atoms with E-state index in [-0.39, 0.29) is 6.03 Å². The molecule has 0 aliphatic carbocycles. The van der Waals surface area contributed by atoms with E-state index in [2.05, 4.69) is 36.1 Å². The number of aryl methyl sites for hydroxylation is 1. The van der Waals surface area contributed by atoms with Gasteiger partial charge in [-0.05, 0) is 19.1 Å². The lowest BCUT2D eigenvalue weighted by molar-refractivity contribution is 0.123. The van der Waals surface area contributed by atoms with Gasteiger partial charge in [-0.3, -0.25) is 0 Å². The molecule has 186 valence electrons. The van der Waals surface area contributed by atoms with E-state index in [1.54, 1.807) is 4.90 Å². The third kappa shape index (κ3) is 4.17. The predicted molar refractivity (Wildman–Crippen MR) is 137 cm³/mol. The Balaban J connectivity index is 1.37. The van der Waals surface area contributed by atoms with Gasteiger partial charge in [-0.25, -0.2) is 19.4 Å². The lowest BCUT2D eigenvalue weighted by Gasteiger charge is -2.29. The van der Waals surface area contributed by atoms with E-state index < -0.39 is 0 Å². The molecule has 10 heteroatoms. The molecule has 0 unspecified atom stereocenters. The summed E-state index contributed by atoms with van der Waals surface area (Å²) in [5.41, 5.74) is 5.86. The molecular formula is C26H30N8O2. The summed E-state index contributed by atoms with van der Waals surface area (Å²) >= 11 is 0. The highest BCUT2D eigenvalue weighted by atomic mass is 16.5. The number of fused-ring (bicyclic) bond motifs is 1. The molecule has 1 aromatic carbocycles. The second-order valence-corrected chi connectivity index (χ2v) is 9.42. The average Bonchev–Trinajstić information content (AvgIpc) is 3.63. The molecule has 0 spiro atoms. The van der Waals surface area contributed by atoms with Gasteiger partial charge < -0.3 is 24.0 Å². The van der Waals surface area contributed by atoms with Crippen LogP contribution in [0.4, 0.5) is 10.5 Å². The SMILES string of the molecule is Cc1cccc(-c2ccn(-c3cc(N4CCOCC4)c4ncn(CCN5CCN(C)C5=O)c4n3)n2)c1. The summed E-state index contributed by atoms with van der Waals surface area (Å²) < 4.78 is 9.46. The number of nitrogens with zero attached hydrogens (tertiary/aromatic N) is 8. The number of amides is 2. The number of rotatable bonds is 6. The molecule has 0 radical (unpaired) electrons. The Morgan fingerprint density at radius 2 is 1.89 bits per heavy atom. The number of morpholine rings is 1. The lowest BCUT2D eigenvalue weighted by atomic mass is 10.1. The molecule has 2 aliphatic rings. The smallest absolute Gasteiger partial charge is 0.319 e. The molecular weight excluding hydrogens is 456 g/mol. The van der Waals surface area contributed by atoms with Crippen molar-refractivity contribution in [3.63, 3.8) is 0 Å². The summed E-state index contributed by atoms with van der Waals surface area (Å²) in [5.74, 6) is 0.738. The maximum Gasteiger partial charge on any atom is 0.319 e. The first-order valence-corrected chi connectivity index (χ1v) is 12.4. The number of imidazole rings is 1. The first kappa shape index (κ1) is 22.5. The number of carbonyl (C=O) groups excluding carboxylic acids is 1. The highest BCUT2D eigenvalue weighted by Gasteiger charge is 2.25. The van der Waals surface area contributed by atoms with Crippen molar-refractivity contribution < 1.29 is 9.53 Å². The zero-order chi connectivity index (χ0) is 24.6. The van der Waals surface area contributed by atoms with Crippen LogP contribution in [0.5, 0.6) is 0 Å². The molecule has 0 N–H and O–H groups in total. The Labute approximate surface area is 209 Å². The third-order valence-electron chi connectivity index (χ3n) is 6.94.